The van der Waals surface area contributed by atoms with Crippen LogP contribution < -0.4 is 15.5 Å². The van der Waals surface area contributed by atoms with E-state index in [1.54, 1.807) is 19.4 Å². The van der Waals surface area contributed by atoms with Crippen LogP contribution in [0.3, 0.4) is 0 Å². The molecule has 0 radical (unpaired) electrons. The number of hydrogen-bond acceptors (Lipinski definition) is 3. The fraction of sp³-hybridized carbons (Fsp3) is 0.238. The van der Waals surface area contributed by atoms with Crippen LogP contribution in [0.5, 0.6) is 5.75 Å². The largest absolute Gasteiger partial charge is 0.496 e. The number of aromatic nitrogens is 1. The number of benzene rings is 2. The number of carbonyl (C=O) groups is 1. The van der Waals surface area contributed by atoms with Crippen LogP contribution in [0.1, 0.15) is 34.5 Å². The third-order valence-corrected chi connectivity index (χ3v) is 5.49. The molecule has 0 saturated heterocycles. The summed E-state index contributed by atoms with van der Waals surface area (Å²) in [6.45, 7) is 2.38. The highest BCUT2D eigenvalue weighted by Gasteiger charge is 2.25. The highest BCUT2D eigenvalue weighted by molar-refractivity contribution is 9.10. The molecule has 0 aliphatic carbocycles. The van der Waals surface area contributed by atoms with Crippen molar-refractivity contribution in [2.75, 3.05) is 7.11 Å². The molecule has 1 unspecified atom stereocenters. The Bertz CT molecular complexity index is 1120. The van der Waals surface area contributed by atoms with Gasteiger partial charge in [-0.05, 0) is 37.1 Å². The summed E-state index contributed by atoms with van der Waals surface area (Å²) in [5.41, 5.74) is 2.84. The van der Waals surface area contributed by atoms with Crippen LogP contribution in [0.4, 0.5) is 0 Å². The number of methoxy groups -OCH3 is 1. The van der Waals surface area contributed by atoms with Crippen LogP contribution in [0.2, 0.25) is 0 Å². The average Bonchev–Trinajstić information content (AvgIpc) is 2.97. The lowest BCUT2D eigenvalue weighted by Crippen LogP contribution is -2.29. The number of amides is 1. The monoisotopic (exact) mass is 426 g/mol. The van der Waals surface area contributed by atoms with Gasteiger partial charge in [-0.25, -0.2) is 0 Å². The van der Waals surface area contributed by atoms with Crippen LogP contribution in [-0.4, -0.2) is 17.6 Å². The van der Waals surface area contributed by atoms with Crippen LogP contribution >= 0.6 is 15.9 Å². The lowest BCUT2D eigenvalue weighted by atomic mass is 10.1. The molecule has 138 valence electrons. The second-order valence-electron chi connectivity index (χ2n) is 6.79. The quantitative estimate of drug-likeness (QED) is 0.689. The summed E-state index contributed by atoms with van der Waals surface area (Å²) in [7, 11) is 1.59. The Kier molecular flexibility index (Phi) is 4.52. The van der Waals surface area contributed by atoms with Gasteiger partial charge in [0.1, 0.15) is 11.3 Å². The number of nitrogens with zero attached hydrogens (tertiary/aromatic N) is 1. The Balaban J connectivity index is 1.71. The average molecular weight is 427 g/mol. The second-order valence-corrected chi connectivity index (χ2v) is 7.70. The van der Waals surface area contributed by atoms with E-state index in [2.05, 4.69) is 28.2 Å². The van der Waals surface area contributed by atoms with Crippen molar-refractivity contribution in [3.63, 3.8) is 0 Å². The van der Waals surface area contributed by atoms with E-state index >= 15 is 0 Å². The molecule has 1 amide bonds. The molecule has 0 spiro atoms. The van der Waals surface area contributed by atoms with Crippen LogP contribution in [0.25, 0.3) is 10.9 Å². The summed E-state index contributed by atoms with van der Waals surface area (Å²) in [6, 6.07) is 11.5. The smallest absolute Gasteiger partial charge is 0.257 e. The molecule has 1 aliphatic heterocycles. The summed E-state index contributed by atoms with van der Waals surface area (Å²) in [4.78, 5) is 25.8. The van der Waals surface area contributed by atoms with Crippen molar-refractivity contribution in [3.05, 3.63) is 74.0 Å². The molecule has 2 heterocycles. The van der Waals surface area contributed by atoms with Gasteiger partial charge in [-0.2, -0.15) is 0 Å². The Labute approximate surface area is 165 Å². The van der Waals surface area contributed by atoms with E-state index in [1.165, 1.54) is 0 Å². The van der Waals surface area contributed by atoms with E-state index in [0.717, 1.165) is 27.5 Å². The minimum atomic E-state index is -0.378. The van der Waals surface area contributed by atoms with Gasteiger partial charge in [-0.15, -0.1) is 0 Å². The van der Waals surface area contributed by atoms with Crippen LogP contribution in [-0.2, 0) is 13.0 Å². The van der Waals surface area contributed by atoms with Crippen molar-refractivity contribution in [3.8, 4) is 5.75 Å². The van der Waals surface area contributed by atoms with Gasteiger partial charge in [-0.3, -0.25) is 9.59 Å². The molecule has 5 nitrogen and oxygen atoms in total. The number of ether oxygens (including phenoxy) is 1. The van der Waals surface area contributed by atoms with E-state index in [9.17, 15) is 9.59 Å². The van der Waals surface area contributed by atoms with Crippen LogP contribution in [0, 0.1) is 0 Å². The molecule has 4 rings (SSSR count). The summed E-state index contributed by atoms with van der Waals surface area (Å²) < 4.78 is 8.21. The van der Waals surface area contributed by atoms with Gasteiger partial charge < -0.3 is 14.6 Å². The molecule has 2 aromatic carbocycles. The molecule has 27 heavy (non-hydrogen) atoms. The van der Waals surface area contributed by atoms with E-state index in [-0.39, 0.29) is 22.9 Å². The highest BCUT2D eigenvalue weighted by atomic mass is 79.9. The molecular weight excluding hydrogens is 408 g/mol. The predicted octanol–water partition coefficient (Wildman–Crippen LogP) is 3.82. The molecular formula is C21H19BrN2O3. The normalized spacial score (nSPS) is 15.1. The number of pyridine rings is 1. The number of hydrogen-bond donors (Lipinski definition) is 1. The predicted molar refractivity (Wildman–Crippen MR) is 108 cm³/mol. The molecule has 1 aliphatic rings. The van der Waals surface area contributed by atoms with Gasteiger partial charge in [0.25, 0.3) is 5.91 Å². The van der Waals surface area contributed by atoms with Gasteiger partial charge in [0.05, 0.1) is 12.6 Å². The Morgan fingerprint density at radius 1 is 1.33 bits per heavy atom. The third kappa shape index (κ3) is 3.04. The first-order valence-electron chi connectivity index (χ1n) is 8.77. The summed E-state index contributed by atoms with van der Waals surface area (Å²) >= 11 is 3.48. The fourth-order valence-electron chi connectivity index (χ4n) is 3.74. The van der Waals surface area contributed by atoms with Crippen molar-refractivity contribution in [1.82, 2.24) is 9.88 Å². The lowest BCUT2D eigenvalue weighted by Gasteiger charge is -2.13. The van der Waals surface area contributed by atoms with Crippen molar-refractivity contribution in [2.45, 2.75) is 25.9 Å². The van der Waals surface area contributed by atoms with E-state index < -0.39 is 0 Å². The molecule has 1 N–H and O–H groups in total. The fourth-order valence-corrected chi connectivity index (χ4v) is 4.25. The van der Waals surface area contributed by atoms with Gasteiger partial charge in [0.15, 0.2) is 0 Å². The van der Waals surface area contributed by atoms with Gasteiger partial charge in [0.2, 0.25) is 5.43 Å². The van der Waals surface area contributed by atoms with Crippen molar-refractivity contribution in [1.29, 1.82) is 0 Å². The molecule has 1 atom stereocenters. The Hall–Kier alpha value is -2.60. The molecule has 0 bridgehead atoms. The molecule has 6 heteroatoms. The second kappa shape index (κ2) is 6.85. The standard InChI is InChI=1S/C21H19BrN2O3/c1-12-7-14-8-15(22)9-16-19(14)24(12)11-17(20(16)25)21(26)23-10-13-5-3-4-6-18(13)27-2/h3-6,8-9,11-12H,7,10H2,1-2H3,(H,23,26). The van der Waals surface area contributed by atoms with E-state index in [1.807, 2.05) is 34.9 Å². The number of halogens is 1. The van der Waals surface area contributed by atoms with Gasteiger partial charge in [-0.1, -0.05) is 34.1 Å². The number of rotatable bonds is 4. The zero-order chi connectivity index (χ0) is 19.1. The minimum Gasteiger partial charge on any atom is -0.496 e. The van der Waals surface area contributed by atoms with E-state index in [4.69, 9.17) is 4.74 Å². The van der Waals surface area contributed by atoms with Crippen LogP contribution in [0.15, 0.2) is 51.9 Å². The highest BCUT2D eigenvalue weighted by Crippen LogP contribution is 2.33. The first-order valence-corrected chi connectivity index (χ1v) is 9.56. The SMILES string of the molecule is COc1ccccc1CNC(=O)c1cn2c3c(cc(Br)cc3c1=O)CC2C. The first-order chi connectivity index (χ1) is 13.0. The number of para-hydroxylation sites is 1. The van der Waals surface area contributed by atoms with Gasteiger partial charge in [0, 0.05) is 34.2 Å². The number of carbonyl (C=O) groups excluding carboxylic acids is 1. The van der Waals surface area contributed by atoms with Crippen molar-refractivity contribution >= 4 is 32.7 Å². The van der Waals surface area contributed by atoms with Gasteiger partial charge >= 0.3 is 0 Å². The van der Waals surface area contributed by atoms with E-state index in [0.29, 0.717) is 17.7 Å². The summed E-state index contributed by atoms with van der Waals surface area (Å²) in [5, 5.41) is 3.43. The first kappa shape index (κ1) is 17.8. The third-order valence-electron chi connectivity index (χ3n) is 5.04. The molecule has 0 fully saturated rings. The molecule has 0 saturated carbocycles. The topological polar surface area (TPSA) is 60.3 Å². The zero-order valence-corrected chi connectivity index (χ0v) is 16.7. The Morgan fingerprint density at radius 3 is 2.89 bits per heavy atom. The van der Waals surface area contributed by atoms with Crippen molar-refractivity contribution < 1.29 is 9.53 Å². The minimum absolute atomic E-state index is 0.162. The number of nitrogens with one attached hydrogen (secondary N) is 1. The molecule has 1 aromatic heterocycles. The summed E-state index contributed by atoms with van der Waals surface area (Å²) in [6.07, 6.45) is 2.54. The maximum atomic E-state index is 13.0. The zero-order valence-electron chi connectivity index (χ0n) is 15.1. The maximum Gasteiger partial charge on any atom is 0.257 e. The Morgan fingerprint density at radius 2 is 2.11 bits per heavy atom. The maximum absolute atomic E-state index is 13.0. The van der Waals surface area contributed by atoms with Crippen molar-refractivity contribution in [2.24, 2.45) is 0 Å². The molecule has 3 aromatic rings. The summed E-state index contributed by atoms with van der Waals surface area (Å²) in [5.74, 6) is 0.325. The lowest BCUT2D eigenvalue weighted by molar-refractivity contribution is 0.0949.